The second-order valence-electron chi connectivity index (χ2n) is 8.06. The normalized spacial score (nSPS) is 41.5. The third kappa shape index (κ3) is 2.42. The molecule has 0 saturated heterocycles. The van der Waals surface area contributed by atoms with Crippen LogP contribution in [0.3, 0.4) is 0 Å². The topological polar surface area (TPSA) is 44.0 Å². The average Bonchev–Trinajstić information content (AvgIpc) is 2.35. The van der Waals surface area contributed by atoms with Crippen molar-refractivity contribution in [3.63, 3.8) is 0 Å². The predicted octanol–water partition coefficient (Wildman–Crippen LogP) is 4.28. The fourth-order valence-electron chi connectivity index (χ4n) is 4.34. The van der Waals surface area contributed by atoms with Crippen molar-refractivity contribution in [3.8, 4) is 6.07 Å². The minimum absolute atomic E-state index is 0.247. The molecule has 2 aliphatic rings. The van der Waals surface area contributed by atoms with Crippen LogP contribution in [0.4, 0.5) is 0 Å². The molecule has 0 radical (unpaired) electrons. The Morgan fingerprint density at radius 2 is 1.63 bits per heavy atom. The van der Waals surface area contributed by atoms with Gasteiger partial charge in [0.25, 0.3) is 0 Å². The fraction of sp³-hybridized carbons (Fsp3) is 0.941. The first-order valence-electron chi connectivity index (χ1n) is 7.88. The van der Waals surface area contributed by atoms with E-state index < -0.39 is 11.0 Å². The Morgan fingerprint density at radius 3 is 2.11 bits per heavy atom. The average molecular weight is 263 g/mol. The van der Waals surface area contributed by atoms with E-state index >= 15 is 0 Å². The van der Waals surface area contributed by atoms with Gasteiger partial charge in [0.2, 0.25) is 0 Å². The van der Waals surface area contributed by atoms with Crippen molar-refractivity contribution in [2.45, 2.75) is 78.2 Å². The van der Waals surface area contributed by atoms with E-state index in [2.05, 4.69) is 33.8 Å². The molecular formula is C17H29NO. The molecule has 2 heteroatoms. The van der Waals surface area contributed by atoms with Crippen LogP contribution in [0.25, 0.3) is 0 Å². The number of hydrogen-bond donors (Lipinski definition) is 1. The van der Waals surface area contributed by atoms with Crippen molar-refractivity contribution in [1.29, 1.82) is 5.26 Å². The van der Waals surface area contributed by atoms with Crippen molar-refractivity contribution in [2.75, 3.05) is 0 Å². The van der Waals surface area contributed by atoms with E-state index in [1.807, 2.05) is 0 Å². The minimum Gasteiger partial charge on any atom is -0.388 e. The Balaban J connectivity index is 2.24. The highest BCUT2D eigenvalue weighted by atomic mass is 16.3. The second kappa shape index (κ2) is 4.77. The summed E-state index contributed by atoms with van der Waals surface area (Å²) in [5.74, 6) is 0.933. The molecule has 0 amide bonds. The largest absolute Gasteiger partial charge is 0.388 e. The molecule has 2 rings (SSSR count). The summed E-state index contributed by atoms with van der Waals surface area (Å²) in [7, 11) is 0. The molecule has 0 bridgehead atoms. The highest BCUT2D eigenvalue weighted by Gasteiger charge is 2.56. The molecule has 3 unspecified atom stereocenters. The summed E-state index contributed by atoms with van der Waals surface area (Å²) in [6, 6.07) is 2.56. The molecule has 3 atom stereocenters. The van der Waals surface area contributed by atoms with Gasteiger partial charge in [-0.1, -0.05) is 27.7 Å². The first-order valence-corrected chi connectivity index (χ1v) is 7.88. The molecule has 0 aromatic carbocycles. The molecule has 0 heterocycles. The molecule has 2 saturated carbocycles. The van der Waals surface area contributed by atoms with Gasteiger partial charge < -0.3 is 5.11 Å². The third-order valence-corrected chi connectivity index (χ3v) is 6.09. The molecule has 0 aromatic heterocycles. The summed E-state index contributed by atoms with van der Waals surface area (Å²) >= 11 is 0. The van der Waals surface area contributed by atoms with Crippen molar-refractivity contribution >= 4 is 0 Å². The molecule has 0 aromatic rings. The zero-order valence-electron chi connectivity index (χ0n) is 13.0. The summed E-state index contributed by atoms with van der Waals surface area (Å²) < 4.78 is 0. The number of nitriles is 1. The van der Waals surface area contributed by atoms with Gasteiger partial charge in [-0.15, -0.1) is 0 Å². The van der Waals surface area contributed by atoms with E-state index in [1.54, 1.807) is 0 Å². The number of hydrogen-bond acceptors (Lipinski definition) is 2. The number of rotatable bonds is 1. The zero-order valence-corrected chi connectivity index (χ0v) is 13.0. The molecule has 19 heavy (non-hydrogen) atoms. The van der Waals surface area contributed by atoms with E-state index in [1.165, 1.54) is 0 Å². The van der Waals surface area contributed by atoms with Gasteiger partial charge in [-0.3, -0.25) is 0 Å². The lowest BCUT2D eigenvalue weighted by molar-refractivity contribution is -0.146. The minimum atomic E-state index is -0.759. The summed E-state index contributed by atoms with van der Waals surface area (Å²) in [5, 5.41) is 21.1. The van der Waals surface area contributed by atoms with Crippen LogP contribution in [0.15, 0.2) is 0 Å². The quantitative estimate of drug-likeness (QED) is 0.767. The maximum absolute atomic E-state index is 11.3. The fourth-order valence-corrected chi connectivity index (χ4v) is 4.34. The van der Waals surface area contributed by atoms with Crippen LogP contribution in [0.2, 0.25) is 0 Å². The SMILES string of the molecule is CC1CCC(O)(C2(C#N)CCC(C)(C)CC2)C(C)C1. The third-order valence-electron chi connectivity index (χ3n) is 6.09. The lowest BCUT2D eigenvalue weighted by atomic mass is 9.52. The van der Waals surface area contributed by atoms with E-state index in [-0.39, 0.29) is 5.92 Å². The summed E-state index contributed by atoms with van der Waals surface area (Å²) in [4.78, 5) is 0. The van der Waals surface area contributed by atoms with Crippen LogP contribution in [0.5, 0.6) is 0 Å². The summed E-state index contributed by atoms with van der Waals surface area (Å²) in [5.41, 5.74) is -0.922. The van der Waals surface area contributed by atoms with Gasteiger partial charge in [-0.2, -0.15) is 5.26 Å². The second-order valence-corrected chi connectivity index (χ2v) is 8.06. The van der Waals surface area contributed by atoms with Crippen molar-refractivity contribution < 1.29 is 5.11 Å². The van der Waals surface area contributed by atoms with Gasteiger partial charge in [0, 0.05) is 0 Å². The predicted molar refractivity (Wildman–Crippen MR) is 77.4 cm³/mol. The summed E-state index contributed by atoms with van der Waals surface area (Å²) in [6.07, 6.45) is 6.79. The van der Waals surface area contributed by atoms with Crippen LogP contribution in [-0.2, 0) is 0 Å². The van der Waals surface area contributed by atoms with Gasteiger partial charge in [0.05, 0.1) is 17.1 Å². The van der Waals surface area contributed by atoms with Crippen LogP contribution in [-0.4, -0.2) is 10.7 Å². The van der Waals surface area contributed by atoms with Gasteiger partial charge in [0.1, 0.15) is 0 Å². The van der Waals surface area contributed by atoms with Crippen LogP contribution < -0.4 is 0 Å². The standard InChI is InChI=1S/C17H29NO/c1-13-5-6-17(19,14(2)11-13)16(12-18)9-7-15(3,4)8-10-16/h13-14,19H,5-11H2,1-4H3. The van der Waals surface area contributed by atoms with Gasteiger partial charge in [-0.05, 0) is 62.2 Å². The highest BCUT2D eigenvalue weighted by Crippen LogP contribution is 2.56. The van der Waals surface area contributed by atoms with Crippen molar-refractivity contribution in [3.05, 3.63) is 0 Å². The van der Waals surface area contributed by atoms with E-state index in [0.29, 0.717) is 11.3 Å². The van der Waals surface area contributed by atoms with Crippen molar-refractivity contribution in [2.24, 2.45) is 22.7 Å². The molecule has 2 fully saturated rings. The lowest BCUT2D eigenvalue weighted by Gasteiger charge is -2.53. The van der Waals surface area contributed by atoms with E-state index in [0.717, 1.165) is 44.9 Å². The van der Waals surface area contributed by atoms with Crippen LogP contribution >= 0.6 is 0 Å². The van der Waals surface area contributed by atoms with Gasteiger partial charge in [0.15, 0.2) is 0 Å². The number of nitrogens with zero attached hydrogens (tertiary/aromatic N) is 1. The highest BCUT2D eigenvalue weighted by molar-refractivity contribution is 5.16. The van der Waals surface area contributed by atoms with Gasteiger partial charge in [-0.25, -0.2) is 0 Å². The molecule has 1 N–H and O–H groups in total. The molecule has 0 spiro atoms. The van der Waals surface area contributed by atoms with Crippen LogP contribution in [0.1, 0.15) is 72.6 Å². The monoisotopic (exact) mass is 263 g/mol. The van der Waals surface area contributed by atoms with Crippen LogP contribution in [0, 0.1) is 34.0 Å². The van der Waals surface area contributed by atoms with Crippen molar-refractivity contribution in [1.82, 2.24) is 0 Å². The molecule has 2 aliphatic carbocycles. The molecule has 0 aliphatic heterocycles. The van der Waals surface area contributed by atoms with Gasteiger partial charge >= 0.3 is 0 Å². The number of aliphatic hydroxyl groups is 1. The Bertz CT molecular complexity index is 371. The van der Waals surface area contributed by atoms with E-state index in [9.17, 15) is 10.4 Å². The maximum Gasteiger partial charge on any atom is 0.0863 e. The Hall–Kier alpha value is -0.550. The molecule has 108 valence electrons. The first kappa shape index (κ1) is 14.9. The maximum atomic E-state index is 11.3. The summed E-state index contributed by atoms with van der Waals surface area (Å²) in [6.45, 7) is 8.98. The Labute approximate surface area is 118 Å². The lowest BCUT2D eigenvalue weighted by Crippen LogP contribution is -2.56. The zero-order chi connectivity index (χ0) is 14.3. The Kier molecular flexibility index (Phi) is 3.73. The first-order chi connectivity index (χ1) is 8.75. The molecule has 2 nitrogen and oxygen atoms in total. The van der Waals surface area contributed by atoms with E-state index in [4.69, 9.17) is 0 Å². The molecular weight excluding hydrogens is 234 g/mol. The smallest absolute Gasteiger partial charge is 0.0863 e. The Morgan fingerprint density at radius 1 is 1.05 bits per heavy atom.